The van der Waals surface area contributed by atoms with Gasteiger partial charge in [0.2, 0.25) is 5.91 Å². The molecule has 0 spiro atoms. The highest BCUT2D eigenvalue weighted by molar-refractivity contribution is 5.89. The van der Waals surface area contributed by atoms with Gasteiger partial charge in [0.25, 0.3) is 0 Å². The summed E-state index contributed by atoms with van der Waals surface area (Å²) in [7, 11) is 1.93. The van der Waals surface area contributed by atoms with E-state index in [0.29, 0.717) is 6.04 Å². The molecule has 4 rings (SSSR count). The Morgan fingerprint density at radius 2 is 2.08 bits per heavy atom. The van der Waals surface area contributed by atoms with E-state index in [9.17, 15) is 4.79 Å². The molecule has 136 valence electrons. The van der Waals surface area contributed by atoms with Crippen molar-refractivity contribution in [3.63, 3.8) is 0 Å². The Balaban J connectivity index is 1.41. The second kappa shape index (κ2) is 7.15. The lowest BCUT2D eigenvalue weighted by atomic mass is 9.96. The van der Waals surface area contributed by atoms with Crippen LogP contribution in [0.5, 0.6) is 0 Å². The Morgan fingerprint density at radius 1 is 1.23 bits per heavy atom. The minimum Gasteiger partial charge on any atom is -0.334 e. The molecule has 1 aliphatic carbocycles. The second-order valence-electron chi connectivity index (χ2n) is 6.79. The first kappa shape index (κ1) is 16.6. The lowest BCUT2D eigenvalue weighted by Crippen LogP contribution is -2.23. The standard InChI is InChI=1S/C18H23N7O/c1-23-10-9-19-18(23)14-11-21-24(12-14)13-17(26)22-16-7-8-20-25(16)15-5-3-2-4-6-15/h7-12,15H,2-6,13H2,1H3,(H,22,26). The molecule has 1 amide bonds. The molecular weight excluding hydrogens is 330 g/mol. The largest absolute Gasteiger partial charge is 0.334 e. The van der Waals surface area contributed by atoms with E-state index in [1.807, 2.05) is 34.8 Å². The van der Waals surface area contributed by atoms with Crippen molar-refractivity contribution in [2.75, 3.05) is 5.32 Å². The highest BCUT2D eigenvalue weighted by atomic mass is 16.2. The Hall–Kier alpha value is -2.90. The van der Waals surface area contributed by atoms with Crippen LogP contribution < -0.4 is 5.32 Å². The van der Waals surface area contributed by atoms with Crippen LogP contribution in [0.1, 0.15) is 38.1 Å². The van der Waals surface area contributed by atoms with Gasteiger partial charge in [-0.1, -0.05) is 19.3 Å². The molecule has 1 saturated carbocycles. The molecule has 0 aliphatic heterocycles. The van der Waals surface area contributed by atoms with Crippen LogP contribution in [0.15, 0.2) is 37.1 Å². The number of aromatic nitrogens is 6. The molecule has 0 saturated heterocycles. The molecule has 0 aromatic carbocycles. The first-order valence-electron chi connectivity index (χ1n) is 9.04. The van der Waals surface area contributed by atoms with Gasteiger partial charge in [0, 0.05) is 31.7 Å². The van der Waals surface area contributed by atoms with Crippen molar-refractivity contribution in [3.05, 3.63) is 37.1 Å². The van der Waals surface area contributed by atoms with Crippen molar-refractivity contribution >= 4 is 11.7 Å². The molecule has 0 bridgehead atoms. The molecule has 0 unspecified atom stereocenters. The fourth-order valence-corrected chi connectivity index (χ4v) is 3.57. The van der Waals surface area contributed by atoms with Gasteiger partial charge in [-0.3, -0.25) is 9.48 Å². The van der Waals surface area contributed by atoms with Gasteiger partial charge < -0.3 is 9.88 Å². The lowest BCUT2D eigenvalue weighted by molar-refractivity contribution is -0.117. The van der Waals surface area contributed by atoms with E-state index < -0.39 is 0 Å². The molecular formula is C18H23N7O. The number of nitrogens with zero attached hydrogens (tertiary/aromatic N) is 6. The summed E-state index contributed by atoms with van der Waals surface area (Å²) >= 11 is 0. The van der Waals surface area contributed by atoms with Crippen LogP contribution in [0.4, 0.5) is 5.82 Å². The minimum atomic E-state index is -0.114. The molecule has 1 fully saturated rings. The first-order valence-corrected chi connectivity index (χ1v) is 9.04. The molecule has 8 heteroatoms. The molecule has 0 radical (unpaired) electrons. The number of carbonyl (C=O) groups is 1. The molecule has 1 aliphatic rings. The summed E-state index contributed by atoms with van der Waals surface area (Å²) in [6.45, 7) is 0.153. The van der Waals surface area contributed by atoms with E-state index in [1.54, 1.807) is 23.3 Å². The predicted octanol–water partition coefficient (Wildman–Crippen LogP) is 2.62. The number of imidazole rings is 1. The van der Waals surface area contributed by atoms with Crippen molar-refractivity contribution in [2.45, 2.75) is 44.7 Å². The fraction of sp³-hybridized carbons (Fsp3) is 0.444. The summed E-state index contributed by atoms with van der Waals surface area (Å²) in [5, 5.41) is 11.7. The van der Waals surface area contributed by atoms with E-state index in [-0.39, 0.29) is 12.5 Å². The minimum absolute atomic E-state index is 0.114. The van der Waals surface area contributed by atoms with Gasteiger partial charge in [-0.15, -0.1) is 0 Å². The zero-order chi connectivity index (χ0) is 17.9. The van der Waals surface area contributed by atoms with Crippen LogP contribution in [-0.2, 0) is 18.4 Å². The SMILES string of the molecule is Cn1ccnc1-c1cnn(CC(=O)Nc2ccnn2C2CCCCC2)c1. The molecule has 3 aromatic heterocycles. The third-order valence-electron chi connectivity index (χ3n) is 4.88. The number of hydrogen-bond acceptors (Lipinski definition) is 4. The van der Waals surface area contributed by atoms with Gasteiger partial charge in [-0.05, 0) is 12.8 Å². The van der Waals surface area contributed by atoms with E-state index >= 15 is 0 Å². The van der Waals surface area contributed by atoms with Crippen molar-refractivity contribution in [1.29, 1.82) is 0 Å². The van der Waals surface area contributed by atoms with Crippen LogP contribution in [0.3, 0.4) is 0 Å². The Kier molecular flexibility index (Phi) is 4.55. The van der Waals surface area contributed by atoms with Crippen LogP contribution in [0.2, 0.25) is 0 Å². The second-order valence-corrected chi connectivity index (χ2v) is 6.79. The molecule has 26 heavy (non-hydrogen) atoms. The number of anilines is 1. The van der Waals surface area contributed by atoms with Crippen molar-refractivity contribution in [1.82, 2.24) is 29.1 Å². The highest BCUT2D eigenvalue weighted by Crippen LogP contribution is 2.29. The third-order valence-corrected chi connectivity index (χ3v) is 4.88. The third kappa shape index (κ3) is 3.40. The van der Waals surface area contributed by atoms with Crippen LogP contribution >= 0.6 is 0 Å². The molecule has 1 N–H and O–H groups in total. The summed E-state index contributed by atoms with van der Waals surface area (Å²) in [6, 6.07) is 2.24. The Bertz CT molecular complexity index is 885. The van der Waals surface area contributed by atoms with Crippen molar-refractivity contribution in [2.24, 2.45) is 7.05 Å². The maximum absolute atomic E-state index is 12.4. The Morgan fingerprint density at radius 3 is 2.85 bits per heavy atom. The lowest BCUT2D eigenvalue weighted by Gasteiger charge is -2.23. The number of amides is 1. The maximum Gasteiger partial charge on any atom is 0.247 e. The monoisotopic (exact) mass is 353 g/mol. The van der Waals surface area contributed by atoms with Crippen molar-refractivity contribution < 1.29 is 4.79 Å². The first-order chi connectivity index (χ1) is 12.7. The normalized spacial score (nSPS) is 15.3. The zero-order valence-electron chi connectivity index (χ0n) is 14.9. The van der Waals surface area contributed by atoms with Crippen LogP contribution in [0.25, 0.3) is 11.4 Å². The highest BCUT2D eigenvalue weighted by Gasteiger charge is 2.19. The molecule has 3 aromatic rings. The topological polar surface area (TPSA) is 82.6 Å². The summed E-state index contributed by atoms with van der Waals surface area (Å²) in [6.07, 6.45) is 14.9. The van der Waals surface area contributed by atoms with Gasteiger partial charge in [-0.25, -0.2) is 9.67 Å². The van der Waals surface area contributed by atoms with Crippen molar-refractivity contribution in [3.8, 4) is 11.4 Å². The van der Waals surface area contributed by atoms with Gasteiger partial charge in [0.15, 0.2) is 0 Å². The summed E-state index contributed by atoms with van der Waals surface area (Å²) in [5.74, 6) is 1.47. The quantitative estimate of drug-likeness (QED) is 0.764. The average Bonchev–Trinajstić information content (AvgIpc) is 3.37. The average molecular weight is 353 g/mol. The number of hydrogen-bond donors (Lipinski definition) is 1. The van der Waals surface area contributed by atoms with Gasteiger partial charge in [-0.2, -0.15) is 10.2 Å². The number of carbonyl (C=O) groups excluding carboxylic acids is 1. The van der Waals surface area contributed by atoms with Crippen LogP contribution in [0, 0.1) is 0 Å². The molecule has 0 atom stereocenters. The van der Waals surface area contributed by atoms with Gasteiger partial charge >= 0.3 is 0 Å². The number of nitrogens with one attached hydrogen (secondary N) is 1. The summed E-state index contributed by atoms with van der Waals surface area (Å²) in [4.78, 5) is 16.7. The number of rotatable bonds is 5. The van der Waals surface area contributed by atoms with Gasteiger partial charge in [0.1, 0.15) is 18.2 Å². The zero-order valence-corrected chi connectivity index (χ0v) is 14.9. The fourth-order valence-electron chi connectivity index (χ4n) is 3.57. The van der Waals surface area contributed by atoms with E-state index in [0.717, 1.165) is 30.0 Å². The molecule has 8 nitrogen and oxygen atoms in total. The summed E-state index contributed by atoms with van der Waals surface area (Å²) in [5.41, 5.74) is 0.887. The molecule has 3 heterocycles. The number of aryl methyl sites for hydroxylation is 1. The maximum atomic E-state index is 12.4. The van der Waals surface area contributed by atoms with E-state index in [2.05, 4.69) is 20.5 Å². The Labute approximate surface area is 151 Å². The smallest absolute Gasteiger partial charge is 0.247 e. The van der Waals surface area contributed by atoms with E-state index in [1.165, 1.54) is 19.3 Å². The summed E-state index contributed by atoms with van der Waals surface area (Å²) < 4.78 is 5.50. The van der Waals surface area contributed by atoms with E-state index in [4.69, 9.17) is 0 Å². The van der Waals surface area contributed by atoms with Crippen LogP contribution in [-0.4, -0.2) is 35.0 Å². The van der Waals surface area contributed by atoms with Gasteiger partial charge in [0.05, 0.1) is 24.0 Å². The predicted molar refractivity (Wildman–Crippen MR) is 97.4 cm³/mol.